The van der Waals surface area contributed by atoms with E-state index in [1.807, 2.05) is 18.2 Å². The van der Waals surface area contributed by atoms with E-state index in [0.717, 1.165) is 20.4 Å². The van der Waals surface area contributed by atoms with Crippen molar-refractivity contribution in [1.82, 2.24) is 0 Å². The van der Waals surface area contributed by atoms with E-state index < -0.39 is 0 Å². The van der Waals surface area contributed by atoms with Crippen molar-refractivity contribution in [2.24, 2.45) is 0 Å². The fourth-order valence-electron chi connectivity index (χ4n) is 1.39. The van der Waals surface area contributed by atoms with Crippen LogP contribution < -0.4 is 5.32 Å². The molecule has 3 nitrogen and oxygen atoms in total. The number of nitriles is 1. The molecule has 0 amide bonds. The average molecular weight is 356 g/mol. The number of benzene rings is 1. The third-order valence-electron chi connectivity index (χ3n) is 2.23. The first-order chi connectivity index (χ1) is 8.20. The Bertz CT molecular complexity index is 572. The minimum absolute atomic E-state index is 0.527. The zero-order valence-corrected chi connectivity index (χ0v) is 11.9. The topological polar surface area (TPSA) is 49.0 Å². The van der Waals surface area contributed by atoms with E-state index in [4.69, 9.17) is 9.68 Å². The van der Waals surface area contributed by atoms with Gasteiger partial charge in [0.1, 0.15) is 11.8 Å². The highest BCUT2D eigenvalue weighted by molar-refractivity contribution is 9.10. The summed E-state index contributed by atoms with van der Waals surface area (Å²) in [6.45, 7) is 0.527. The SMILES string of the molecule is N#Cc1ccc(Br)cc1NCc1occc1Br. The van der Waals surface area contributed by atoms with Crippen LogP contribution in [0.25, 0.3) is 0 Å². The quantitative estimate of drug-likeness (QED) is 0.893. The Balaban J connectivity index is 2.17. The van der Waals surface area contributed by atoms with Gasteiger partial charge < -0.3 is 9.73 Å². The summed E-state index contributed by atoms with van der Waals surface area (Å²) in [6.07, 6.45) is 1.62. The van der Waals surface area contributed by atoms with Crippen LogP contribution in [-0.2, 0) is 6.54 Å². The van der Waals surface area contributed by atoms with Crippen LogP contribution in [0.4, 0.5) is 5.69 Å². The van der Waals surface area contributed by atoms with E-state index in [1.165, 1.54) is 0 Å². The molecule has 0 saturated carbocycles. The van der Waals surface area contributed by atoms with Crippen molar-refractivity contribution in [3.05, 3.63) is 50.8 Å². The smallest absolute Gasteiger partial charge is 0.136 e. The largest absolute Gasteiger partial charge is 0.466 e. The van der Waals surface area contributed by atoms with Gasteiger partial charge in [-0.25, -0.2) is 0 Å². The lowest BCUT2D eigenvalue weighted by atomic mass is 10.2. The standard InChI is InChI=1S/C12H8Br2N2O/c13-9-2-1-8(6-15)11(5-9)16-7-12-10(14)3-4-17-12/h1-5,16H,7H2. The van der Waals surface area contributed by atoms with E-state index in [-0.39, 0.29) is 0 Å². The summed E-state index contributed by atoms with van der Waals surface area (Å²) in [7, 11) is 0. The highest BCUT2D eigenvalue weighted by atomic mass is 79.9. The van der Waals surface area contributed by atoms with Crippen LogP contribution in [0.1, 0.15) is 11.3 Å². The van der Waals surface area contributed by atoms with Gasteiger partial charge in [0.2, 0.25) is 0 Å². The Hall–Kier alpha value is -1.25. The van der Waals surface area contributed by atoms with Crippen LogP contribution in [0.15, 0.2) is 43.9 Å². The van der Waals surface area contributed by atoms with Gasteiger partial charge in [-0.05, 0) is 40.2 Å². The Morgan fingerprint density at radius 1 is 1.29 bits per heavy atom. The molecule has 1 aromatic heterocycles. The number of anilines is 1. The minimum atomic E-state index is 0.527. The Morgan fingerprint density at radius 2 is 2.12 bits per heavy atom. The van der Waals surface area contributed by atoms with Gasteiger partial charge in [0, 0.05) is 4.47 Å². The predicted octanol–water partition coefficient (Wildman–Crippen LogP) is 4.29. The van der Waals surface area contributed by atoms with Crippen molar-refractivity contribution in [3.8, 4) is 6.07 Å². The first-order valence-electron chi connectivity index (χ1n) is 4.86. The van der Waals surface area contributed by atoms with E-state index in [1.54, 1.807) is 12.3 Å². The molecule has 0 fully saturated rings. The van der Waals surface area contributed by atoms with Crippen LogP contribution in [0.5, 0.6) is 0 Å². The summed E-state index contributed by atoms with van der Waals surface area (Å²) in [6, 6.07) is 9.46. The molecule has 0 aliphatic rings. The molecular weight excluding hydrogens is 348 g/mol. The monoisotopic (exact) mass is 354 g/mol. The maximum Gasteiger partial charge on any atom is 0.136 e. The number of nitrogens with zero attached hydrogens (tertiary/aromatic N) is 1. The summed E-state index contributed by atoms with van der Waals surface area (Å²) in [5.41, 5.74) is 1.39. The molecule has 0 aliphatic carbocycles. The lowest BCUT2D eigenvalue weighted by Gasteiger charge is -2.07. The molecule has 2 aromatic rings. The number of nitrogens with one attached hydrogen (secondary N) is 1. The van der Waals surface area contributed by atoms with E-state index in [9.17, 15) is 0 Å². The van der Waals surface area contributed by atoms with Gasteiger partial charge in [-0.2, -0.15) is 5.26 Å². The van der Waals surface area contributed by atoms with Gasteiger partial charge in [-0.1, -0.05) is 15.9 Å². The van der Waals surface area contributed by atoms with Gasteiger partial charge >= 0.3 is 0 Å². The van der Waals surface area contributed by atoms with E-state index >= 15 is 0 Å². The Labute approximate surface area is 116 Å². The molecule has 0 unspecified atom stereocenters. The fourth-order valence-corrected chi connectivity index (χ4v) is 2.09. The van der Waals surface area contributed by atoms with Gasteiger partial charge in [0.15, 0.2) is 0 Å². The molecular formula is C12H8Br2N2O. The highest BCUT2D eigenvalue weighted by Gasteiger charge is 2.06. The lowest BCUT2D eigenvalue weighted by Crippen LogP contribution is -2.00. The number of halogens is 2. The fraction of sp³-hybridized carbons (Fsp3) is 0.0833. The molecule has 5 heteroatoms. The van der Waals surface area contributed by atoms with Crippen molar-refractivity contribution in [2.75, 3.05) is 5.32 Å². The molecule has 0 atom stereocenters. The summed E-state index contributed by atoms with van der Waals surface area (Å²) >= 11 is 6.76. The normalized spacial score (nSPS) is 9.94. The number of furan rings is 1. The highest BCUT2D eigenvalue weighted by Crippen LogP contribution is 2.23. The maximum absolute atomic E-state index is 8.98. The number of hydrogen-bond acceptors (Lipinski definition) is 3. The summed E-state index contributed by atoms with van der Waals surface area (Å²) in [5.74, 6) is 0.800. The molecule has 0 bridgehead atoms. The molecule has 0 aliphatic heterocycles. The second kappa shape index (κ2) is 5.39. The van der Waals surface area contributed by atoms with Gasteiger partial charge in [0.05, 0.1) is 28.5 Å². The van der Waals surface area contributed by atoms with Crippen molar-refractivity contribution in [3.63, 3.8) is 0 Å². The van der Waals surface area contributed by atoms with Crippen LogP contribution in [0.2, 0.25) is 0 Å². The molecule has 1 aromatic carbocycles. The van der Waals surface area contributed by atoms with Crippen LogP contribution >= 0.6 is 31.9 Å². The lowest BCUT2D eigenvalue weighted by molar-refractivity contribution is 0.516. The summed E-state index contributed by atoms with van der Waals surface area (Å²) in [5, 5.41) is 12.2. The first kappa shape index (κ1) is 12.2. The molecule has 0 spiro atoms. The predicted molar refractivity (Wildman–Crippen MR) is 72.6 cm³/mol. The summed E-state index contributed by atoms with van der Waals surface area (Å²) < 4.78 is 7.13. The first-order valence-corrected chi connectivity index (χ1v) is 6.44. The third-order valence-corrected chi connectivity index (χ3v) is 3.43. The van der Waals surface area contributed by atoms with Crippen molar-refractivity contribution >= 4 is 37.5 Å². The molecule has 0 radical (unpaired) electrons. The van der Waals surface area contributed by atoms with Crippen LogP contribution in [-0.4, -0.2) is 0 Å². The maximum atomic E-state index is 8.98. The number of hydrogen-bond donors (Lipinski definition) is 1. The Morgan fingerprint density at radius 3 is 2.76 bits per heavy atom. The van der Waals surface area contributed by atoms with Crippen LogP contribution in [0.3, 0.4) is 0 Å². The zero-order valence-electron chi connectivity index (χ0n) is 8.71. The van der Waals surface area contributed by atoms with E-state index in [0.29, 0.717) is 12.1 Å². The summed E-state index contributed by atoms with van der Waals surface area (Å²) in [4.78, 5) is 0. The molecule has 2 rings (SSSR count). The van der Waals surface area contributed by atoms with Crippen LogP contribution in [0, 0.1) is 11.3 Å². The van der Waals surface area contributed by atoms with E-state index in [2.05, 4.69) is 43.2 Å². The van der Waals surface area contributed by atoms with Gasteiger partial charge in [0.25, 0.3) is 0 Å². The second-order valence-electron chi connectivity index (χ2n) is 3.35. The van der Waals surface area contributed by atoms with Gasteiger partial charge in [-0.3, -0.25) is 0 Å². The van der Waals surface area contributed by atoms with Crippen molar-refractivity contribution in [1.29, 1.82) is 5.26 Å². The zero-order chi connectivity index (χ0) is 12.3. The molecule has 1 N–H and O–H groups in total. The molecule has 86 valence electrons. The third kappa shape index (κ3) is 2.90. The number of rotatable bonds is 3. The average Bonchev–Trinajstić information content (AvgIpc) is 2.72. The second-order valence-corrected chi connectivity index (χ2v) is 5.12. The molecule has 17 heavy (non-hydrogen) atoms. The van der Waals surface area contributed by atoms with Gasteiger partial charge in [-0.15, -0.1) is 0 Å². The minimum Gasteiger partial charge on any atom is -0.466 e. The van der Waals surface area contributed by atoms with Crippen molar-refractivity contribution < 1.29 is 4.42 Å². The molecule has 0 saturated heterocycles. The molecule has 1 heterocycles. The Kier molecular flexibility index (Phi) is 3.87. The van der Waals surface area contributed by atoms with Crippen molar-refractivity contribution in [2.45, 2.75) is 6.54 Å².